The van der Waals surface area contributed by atoms with Crippen LogP contribution in [0.1, 0.15) is 12.0 Å². The van der Waals surface area contributed by atoms with Crippen molar-refractivity contribution in [2.45, 2.75) is 17.5 Å². The molecular formula is C13H13F3N6O3S. The van der Waals surface area contributed by atoms with Crippen molar-refractivity contribution in [2.24, 2.45) is 5.92 Å². The Labute approximate surface area is 145 Å². The number of carbonyl (C=O) groups excluding carboxylic acids is 1. The lowest BCUT2D eigenvalue weighted by Gasteiger charge is -2.17. The molecule has 1 aromatic carbocycles. The van der Waals surface area contributed by atoms with Crippen molar-refractivity contribution in [2.75, 3.05) is 18.4 Å². The number of hydrogen-bond donors (Lipinski definition) is 2. The number of anilines is 1. The first-order chi connectivity index (χ1) is 12.2. The Morgan fingerprint density at radius 2 is 2.12 bits per heavy atom. The molecule has 0 radical (unpaired) electrons. The zero-order valence-corrected chi connectivity index (χ0v) is 13.9. The predicted octanol–water partition coefficient (Wildman–Crippen LogP) is 0.868. The molecule has 140 valence electrons. The van der Waals surface area contributed by atoms with Gasteiger partial charge in [0.2, 0.25) is 21.9 Å². The number of aromatic amines is 1. The fourth-order valence-corrected chi connectivity index (χ4v) is 4.12. The number of carbonyl (C=O) groups is 1. The molecule has 0 bridgehead atoms. The van der Waals surface area contributed by atoms with Crippen LogP contribution < -0.4 is 5.32 Å². The Bertz CT molecular complexity index is 900. The highest BCUT2D eigenvalue weighted by Gasteiger charge is 2.37. The minimum absolute atomic E-state index is 0.0192. The Morgan fingerprint density at radius 1 is 1.35 bits per heavy atom. The minimum atomic E-state index is -4.65. The van der Waals surface area contributed by atoms with Gasteiger partial charge in [-0.15, -0.1) is 0 Å². The summed E-state index contributed by atoms with van der Waals surface area (Å²) < 4.78 is 64.6. The number of nitrogens with one attached hydrogen (secondary N) is 2. The van der Waals surface area contributed by atoms with Gasteiger partial charge in [-0.05, 0) is 35.0 Å². The normalized spacial score (nSPS) is 18.8. The molecule has 2 aromatic rings. The smallest absolute Gasteiger partial charge is 0.293 e. The van der Waals surface area contributed by atoms with E-state index in [2.05, 4.69) is 25.9 Å². The maximum absolute atomic E-state index is 12.8. The van der Waals surface area contributed by atoms with Gasteiger partial charge in [0.1, 0.15) is 0 Å². The highest BCUT2D eigenvalue weighted by atomic mass is 32.2. The van der Waals surface area contributed by atoms with E-state index in [9.17, 15) is 26.4 Å². The molecule has 0 aliphatic carbocycles. The maximum atomic E-state index is 12.8. The lowest BCUT2D eigenvalue weighted by atomic mass is 10.1. The molecule has 0 saturated carbocycles. The van der Waals surface area contributed by atoms with Crippen LogP contribution in [0.4, 0.5) is 19.1 Å². The molecule has 1 amide bonds. The quantitative estimate of drug-likeness (QED) is 0.799. The number of alkyl halides is 3. The van der Waals surface area contributed by atoms with E-state index >= 15 is 0 Å². The number of aromatic nitrogens is 4. The van der Waals surface area contributed by atoms with Crippen LogP contribution in [0.5, 0.6) is 0 Å². The van der Waals surface area contributed by atoms with E-state index in [1.165, 1.54) is 0 Å². The summed E-state index contributed by atoms with van der Waals surface area (Å²) >= 11 is 0. The first-order valence-electron chi connectivity index (χ1n) is 7.40. The molecule has 1 saturated heterocycles. The predicted molar refractivity (Wildman–Crippen MR) is 81.1 cm³/mol. The van der Waals surface area contributed by atoms with Crippen LogP contribution in [-0.4, -0.2) is 52.3 Å². The Balaban J connectivity index is 1.74. The highest BCUT2D eigenvalue weighted by Crippen LogP contribution is 2.32. The molecule has 3 rings (SSSR count). The largest absolute Gasteiger partial charge is 0.416 e. The summed E-state index contributed by atoms with van der Waals surface area (Å²) in [5, 5.41) is 14.8. The molecule has 0 unspecified atom stereocenters. The third-order valence-electron chi connectivity index (χ3n) is 3.91. The zero-order valence-electron chi connectivity index (χ0n) is 13.1. The van der Waals surface area contributed by atoms with Crippen LogP contribution in [0.25, 0.3) is 0 Å². The van der Waals surface area contributed by atoms with Gasteiger partial charge in [-0.1, -0.05) is 11.2 Å². The average Bonchev–Trinajstić information content (AvgIpc) is 3.26. The van der Waals surface area contributed by atoms with Crippen LogP contribution >= 0.6 is 0 Å². The van der Waals surface area contributed by atoms with E-state index in [1.54, 1.807) is 0 Å². The van der Waals surface area contributed by atoms with E-state index in [0.29, 0.717) is 6.07 Å². The van der Waals surface area contributed by atoms with E-state index < -0.39 is 38.5 Å². The fourth-order valence-electron chi connectivity index (χ4n) is 2.57. The van der Waals surface area contributed by atoms with Crippen molar-refractivity contribution in [3.63, 3.8) is 0 Å². The van der Waals surface area contributed by atoms with Gasteiger partial charge in [0.05, 0.1) is 16.4 Å². The van der Waals surface area contributed by atoms with Gasteiger partial charge < -0.3 is 0 Å². The summed E-state index contributed by atoms with van der Waals surface area (Å²) in [5.74, 6) is -1.12. The molecule has 1 aromatic heterocycles. The molecule has 26 heavy (non-hydrogen) atoms. The van der Waals surface area contributed by atoms with E-state index in [0.717, 1.165) is 22.5 Å². The first-order valence-corrected chi connectivity index (χ1v) is 8.84. The third kappa shape index (κ3) is 3.67. The maximum Gasteiger partial charge on any atom is 0.416 e. The summed E-state index contributed by atoms with van der Waals surface area (Å²) in [5.41, 5.74) is -1.05. The lowest BCUT2D eigenvalue weighted by molar-refractivity contribution is -0.137. The first kappa shape index (κ1) is 18.3. The number of tetrazole rings is 1. The second kappa shape index (κ2) is 6.64. The van der Waals surface area contributed by atoms with Crippen molar-refractivity contribution in [3.05, 3.63) is 29.8 Å². The second-order valence-corrected chi connectivity index (χ2v) is 7.55. The third-order valence-corrected chi connectivity index (χ3v) is 5.77. The van der Waals surface area contributed by atoms with Crippen LogP contribution in [0.3, 0.4) is 0 Å². The van der Waals surface area contributed by atoms with E-state index in [-0.39, 0.29) is 25.5 Å². The highest BCUT2D eigenvalue weighted by molar-refractivity contribution is 7.89. The fraction of sp³-hybridized carbons (Fsp3) is 0.385. The van der Waals surface area contributed by atoms with Gasteiger partial charge in [0.15, 0.2) is 0 Å². The molecule has 0 spiro atoms. The van der Waals surface area contributed by atoms with Crippen LogP contribution in [0.15, 0.2) is 29.2 Å². The standard InChI is InChI=1S/C13H13F3N6O3S/c14-13(15,16)9-2-1-3-10(6-9)26(24,25)22-5-4-8(7-22)11(23)17-12-18-20-21-19-12/h1-3,6,8H,4-5,7H2,(H2,17,18,19,20,21,23)/t8-/m1/s1. The number of halogens is 3. The summed E-state index contributed by atoms with van der Waals surface area (Å²) in [6.07, 6.45) is -4.42. The van der Waals surface area contributed by atoms with Crippen molar-refractivity contribution in [1.82, 2.24) is 24.9 Å². The number of amides is 1. The Morgan fingerprint density at radius 3 is 2.77 bits per heavy atom. The number of rotatable bonds is 4. The van der Waals surface area contributed by atoms with Gasteiger partial charge >= 0.3 is 6.18 Å². The molecule has 9 nitrogen and oxygen atoms in total. The molecule has 1 aliphatic heterocycles. The van der Waals surface area contributed by atoms with Crippen LogP contribution in [-0.2, 0) is 21.0 Å². The Hall–Kier alpha value is -2.54. The van der Waals surface area contributed by atoms with Gasteiger partial charge in [-0.25, -0.2) is 13.5 Å². The van der Waals surface area contributed by atoms with Gasteiger partial charge in [-0.2, -0.15) is 17.5 Å². The summed E-state index contributed by atoms with van der Waals surface area (Å²) in [6.45, 7) is -0.128. The van der Waals surface area contributed by atoms with Crippen LogP contribution in [0, 0.1) is 5.92 Å². The van der Waals surface area contributed by atoms with Gasteiger partial charge in [0.25, 0.3) is 0 Å². The molecular weight excluding hydrogens is 377 g/mol. The van der Waals surface area contributed by atoms with Crippen molar-refractivity contribution >= 4 is 21.9 Å². The van der Waals surface area contributed by atoms with Gasteiger partial charge in [-0.3, -0.25) is 10.1 Å². The molecule has 1 fully saturated rings. The van der Waals surface area contributed by atoms with E-state index in [1.807, 2.05) is 0 Å². The monoisotopic (exact) mass is 390 g/mol. The number of hydrogen-bond acceptors (Lipinski definition) is 6. The minimum Gasteiger partial charge on any atom is -0.293 e. The van der Waals surface area contributed by atoms with Gasteiger partial charge in [0, 0.05) is 13.1 Å². The average molecular weight is 390 g/mol. The van der Waals surface area contributed by atoms with E-state index in [4.69, 9.17) is 0 Å². The molecule has 2 N–H and O–H groups in total. The van der Waals surface area contributed by atoms with Crippen molar-refractivity contribution in [3.8, 4) is 0 Å². The lowest BCUT2D eigenvalue weighted by Crippen LogP contribution is -2.31. The topological polar surface area (TPSA) is 121 Å². The summed E-state index contributed by atoms with van der Waals surface area (Å²) in [7, 11) is -4.14. The van der Waals surface area contributed by atoms with Crippen molar-refractivity contribution < 1.29 is 26.4 Å². The molecule has 13 heteroatoms. The molecule has 2 heterocycles. The van der Waals surface area contributed by atoms with Crippen molar-refractivity contribution in [1.29, 1.82) is 0 Å². The van der Waals surface area contributed by atoms with Crippen LogP contribution in [0.2, 0.25) is 0 Å². The zero-order chi connectivity index (χ0) is 18.9. The Kier molecular flexibility index (Phi) is 4.66. The number of benzene rings is 1. The summed E-state index contributed by atoms with van der Waals surface area (Å²) in [6, 6.07) is 3.51. The SMILES string of the molecule is O=C(Nc1nnn[nH]1)[C@@H]1CCN(S(=O)(=O)c2cccc(C(F)(F)F)c2)C1. The number of sulfonamides is 1. The number of H-pyrrole nitrogens is 1. The molecule has 1 aliphatic rings. The number of nitrogens with zero attached hydrogens (tertiary/aromatic N) is 4. The second-order valence-electron chi connectivity index (χ2n) is 5.61. The summed E-state index contributed by atoms with van der Waals surface area (Å²) in [4.78, 5) is 11.6. The molecule has 1 atom stereocenters.